The molecule has 1 saturated carbocycles. The van der Waals surface area contributed by atoms with Crippen LogP contribution in [-0.2, 0) is 14.3 Å². The number of ether oxygens (including phenoxy) is 1. The molecule has 0 aromatic carbocycles. The van der Waals surface area contributed by atoms with E-state index in [0.717, 1.165) is 58.2 Å². The quantitative estimate of drug-likeness (QED) is 0.729. The molecule has 3 aliphatic rings. The second-order valence-electron chi connectivity index (χ2n) is 7.81. The number of hydrogen-bond donors (Lipinski definition) is 2. The molecule has 2 amide bonds. The largest absolute Gasteiger partial charge is 0.368 e. The van der Waals surface area contributed by atoms with Crippen LogP contribution < -0.4 is 10.6 Å². The van der Waals surface area contributed by atoms with E-state index < -0.39 is 0 Å². The second-order valence-corrected chi connectivity index (χ2v) is 7.81. The Labute approximate surface area is 163 Å². The van der Waals surface area contributed by atoms with Crippen molar-refractivity contribution in [2.75, 3.05) is 32.8 Å². The fraction of sp³-hybridized carbons (Fsp3) is 0.895. The molecule has 0 radical (unpaired) electrons. The first-order valence-corrected chi connectivity index (χ1v) is 10.1. The molecule has 7 heteroatoms. The van der Waals surface area contributed by atoms with Crippen LogP contribution in [0, 0.1) is 5.92 Å². The van der Waals surface area contributed by atoms with Crippen LogP contribution in [-0.4, -0.2) is 61.6 Å². The van der Waals surface area contributed by atoms with Gasteiger partial charge < -0.3 is 20.3 Å². The molecule has 0 spiro atoms. The van der Waals surface area contributed by atoms with Crippen molar-refractivity contribution in [2.24, 2.45) is 5.92 Å². The van der Waals surface area contributed by atoms with Crippen LogP contribution in [0.2, 0.25) is 0 Å². The molecule has 0 bridgehead atoms. The van der Waals surface area contributed by atoms with Gasteiger partial charge in [0, 0.05) is 19.6 Å². The zero-order chi connectivity index (χ0) is 17.5. The summed E-state index contributed by atoms with van der Waals surface area (Å²) < 4.78 is 5.83. The molecule has 2 saturated heterocycles. The van der Waals surface area contributed by atoms with Crippen molar-refractivity contribution in [1.29, 1.82) is 0 Å². The van der Waals surface area contributed by atoms with E-state index in [4.69, 9.17) is 4.74 Å². The summed E-state index contributed by atoms with van der Waals surface area (Å²) in [5.41, 5.74) is 0. The third-order valence-corrected chi connectivity index (χ3v) is 5.81. The smallest absolute Gasteiger partial charge is 0.248 e. The Kier molecular flexibility index (Phi) is 9.16. The van der Waals surface area contributed by atoms with Crippen molar-refractivity contribution in [3.8, 4) is 0 Å². The molecule has 2 N–H and O–H groups in total. The number of nitrogens with zero attached hydrogens (tertiary/aromatic N) is 1. The van der Waals surface area contributed by atoms with Gasteiger partial charge in [-0.1, -0.05) is 19.3 Å². The van der Waals surface area contributed by atoms with Crippen LogP contribution in [0.25, 0.3) is 0 Å². The lowest BCUT2D eigenvalue weighted by Crippen LogP contribution is -2.47. The predicted molar refractivity (Wildman–Crippen MR) is 103 cm³/mol. The van der Waals surface area contributed by atoms with E-state index in [1.165, 1.54) is 19.3 Å². The zero-order valence-electron chi connectivity index (χ0n) is 15.7. The molecule has 2 aliphatic heterocycles. The number of amides is 2. The highest BCUT2D eigenvalue weighted by Crippen LogP contribution is 2.21. The van der Waals surface area contributed by atoms with Gasteiger partial charge in [-0.25, -0.2) is 0 Å². The van der Waals surface area contributed by atoms with Crippen LogP contribution in [0.1, 0.15) is 57.8 Å². The molecule has 3 fully saturated rings. The third kappa shape index (κ3) is 6.39. The fourth-order valence-corrected chi connectivity index (χ4v) is 4.25. The summed E-state index contributed by atoms with van der Waals surface area (Å²) in [6, 6.07) is -0.0229. The maximum absolute atomic E-state index is 12.4. The van der Waals surface area contributed by atoms with E-state index in [1.54, 1.807) is 0 Å². The first kappa shape index (κ1) is 21.5. The van der Waals surface area contributed by atoms with Crippen molar-refractivity contribution >= 4 is 24.2 Å². The topological polar surface area (TPSA) is 70.7 Å². The van der Waals surface area contributed by atoms with Crippen molar-refractivity contribution in [2.45, 2.75) is 69.9 Å². The highest BCUT2D eigenvalue weighted by Gasteiger charge is 2.27. The number of hydrogen-bond acceptors (Lipinski definition) is 4. The van der Waals surface area contributed by atoms with Gasteiger partial charge in [0.05, 0.1) is 12.1 Å². The van der Waals surface area contributed by atoms with E-state index in [9.17, 15) is 9.59 Å². The van der Waals surface area contributed by atoms with Crippen LogP contribution in [0.5, 0.6) is 0 Å². The van der Waals surface area contributed by atoms with Gasteiger partial charge in [-0.3, -0.25) is 9.59 Å². The Morgan fingerprint density at radius 3 is 2.58 bits per heavy atom. The number of nitrogens with one attached hydrogen (secondary N) is 2. The van der Waals surface area contributed by atoms with Gasteiger partial charge in [-0.15, -0.1) is 12.4 Å². The Balaban J connectivity index is 0.00000243. The molecular formula is C19H34ClN3O3. The maximum atomic E-state index is 12.4. The first-order chi connectivity index (χ1) is 12.2. The monoisotopic (exact) mass is 387 g/mol. The molecule has 2 atom stereocenters. The lowest BCUT2D eigenvalue weighted by Gasteiger charge is -2.33. The normalized spacial score (nSPS) is 27.0. The molecule has 2 heterocycles. The molecule has 0 aromatic rings. The maximum Gasteiger partial charge on any atom is 0.248 e. The number of halogens is 1. The Morgan fingerprint density at radius 2 is 1.85 bits per heavy atom. The molecule has 26 heavy (non-hydrogen) atoms. The fourth-order valence-electron chi connectivity index (χ4n) is 4.25. The van der Waals surface area contributed by atoms with E-state index in [1.807, 2.05) is 4.90 Å². The highest BCUT2D eigenvalue weighted by molar-refractivity contribution is 5.85. The van der Waals surface area contributed by atoms with Gasteiger partial charge >= 0.3 is 0 Å². The minimum Gasteiger partial charge on any atom is -0.368 e. The Morgan fingerprint density at radius 1 is 1.04 bits per heavy atom. The lowest BCUT2D eigenvalue weighted by atomic mass is 9.97. The van der Waals surface area contributed by atoms with Gasteiger partial charge in [0.15, 0.2) is 0 Å². The molecule has 150 valence electrons. The Hall–Kier alpha value is -0.850. The van der Waals surface area contributed by atoms with Gasteiger partial charge in [0.1, 0.15) is 6.61 Å². The SMILES string of the molecule is Cl.O=C(NCC1CCCN(C(=O)COC2CCCCC2)C1)C1CCCN1. The first-order valence-electron chi connectivity index (χ1n) is 10.1. The summed E-state index contributed by atoms with van der Waals surface area (Å²) >= 11 is 0. The van der Waals surface area contributed by atoms with Crippen LogP contribution in [0.15, 0.2) is 0 Å². The number of carbonyl (C=O) groups excluding carboxylic acids is 2. The van der Waals surface area contributed by atoms with Gasteiger partial charge in [0.25, 0.3) is 0 Å². The molecule has 0 aromatic heterocycles. The average Bonchev–Trinajstić information content (AvgIpc) is 3.20. The van der Waals surface area contributed by atoms with Gasteiger partial charge in [-0.05, 0) is 51.0 Å². The van der Waals surface area contributed by atoms with Gasteiger partial charge in [-0.2, -0.15) is 0 Å². The number of carbonyl (C=O) groups is 2. The predicted octanol–water partition coefficient (Wildman–Crippen LogP) is 1.86. The molecule has 1 aliphatic carbocycles. The number of piperidine rings is 1. The van der Waals surface area contributed by atoms with E-state index in [2.05, 4.69) is 10.6 Å². The minimum absolute atomic E-state index is 0. The van der Waals surface area contributed by atoms with Gasteiger partial charge in [0.2, 0.25) is 11.8 Å². The summed E-state index contributed by atoms with van der Waals surface area (Å²) in [6.07, 6.45) is 10.3. The average molecular weight is 388 g/mol. The summed E-state index contributed by atoms with van der Waals surface area (Å²) in [5.74, 6) is 0.582. The molecular weight excluding hydrogens is 354 g/mol. The summed E-state index contributed by atoms with van der Waals surface area (Å²) in [6.45, 7) is 3.39. The number of rotatable bonds is 6. The number of likely N-dealkylation sites (tertiary alicyclic amines) is 1. The molecule has 2 unspecified atom stereocenters. The van der Waals surface area contributed by atoms with Crippen molar-refractivity contribution in [1.82, 2.24) is 15.5 Å². The van der Waals surface area contributed by atoms with E-state index >= 15 is 0 Å². The van der Waals surface area contributed by atoms with Crippen molar-refractivity contribution in [3.63, 3.8) is 0 Å². The van der Waals surface area contributed by atoms with Crippen molar-refractivity contribution < 1.29 is 14.3 Å². The Bertz CT molecular complexity index is 451. The van der Waals surface area contributed by atoms with Crippen LogP contribution >= 0.6 is 12.4 Å². The van der Waals surface area contributed by atoms with E-state index in [0.29, 0.717) is 12.5 Å². The lowest BCUT2D eigenvalue weighted by molar-refractivity contribution is -0.140. The third-order valence-electron chi connectivity index (χ3n) is 5.81. The summed E-state index contributed by atoms with van der Waals surface area (Å²) in [4.78, 5) is 26.5. The standard InChI is InChI=1S/C19H33N3O3.ClH/c23-18(14-25-16-7-2-1-3-8-16)22-11-5-6-15(13-22)12-21-19(24)17-9-4-10-20-17;/h15-17,20H,1-14H2,(H,21,24);1H. The minimum atomic E-state index is -0.0229. The van der Waals surface area contributed by atoms with Crippen molar-refractivity contribution in [3.05, 3.63) is 0 Å². The summed E-state index contributed by atoms with van der Waals surface area (Å²) in [7, 11) is 0. The highest BCUT2D eigenvalue weighted by atomic mass is 35.5. The molecule has 6 nitrogen and oxygen atoms in total. The summed E-state index contributed by atoms with van der Waals surface area (Å²) in [5, 5.41) is 6.29. The van der Waals surface area contributed by atoms with Crippen LogP contribution in [0.3, 0.4) is 0 Å². The van der Waals surface area contributed by atoms with E-state index in [-0.39, 0.29) is 43.0 Å². The second kappa shape index (κ2) is 11.1. The molecule has 3 rings (SSSR count). The zero-order valence-corrected chi connectivity index (χ0v) is 16.5. The van der Waals surface area contributed by atoms with Crippen LogP contribution in [0.4, 0.5) is 0 Å².